The van der Waals surface area contributed by atoms with E-state index in [1.165, 1.54) is 0 Å². The second-order valence-electron chi connectivity index (χ2n) is 0.224. The molecule has 0 fully saturated rings. The Hall–Kier alpha value is 1.54. The van der Waals surface area contributed by atoms with Crippen LogP contribution in [0.4, 0.5) is 0 Å². The molecule has 0 saturated heterocycles. The summed E-state index contributed by atoms with van der Waals surface area (Å²) >= 11 is -3.94. The van der Waals surface area contributed by atoms with Gasteiger partial charge in [0, 0.05) is 37.7 Å². The molecule has 3 radical (unpaired) electrons. The molecule has 0 aromatic carbocycles. The van der Waals surface area contributed by atoms with E-state index in [9.17, 15) is 0 Å². The van der Waals surface area contributed by atoms with Gasteiger partial charge in [-0.2, -0.15) is 0 Å². The van der Waals surface area contributed by atoms with Gasteiger partial charge in [-0.1, -0.05) is 0 Å². The standard InChI is InChI=1S/AsO3.Ca/c2-1(3)4;/q-2;. The van der Waals surface area contributed by atoms with E-state index in [1.54, 1.807) is 0 Å². The van der Waals surface area contributed by atoms with E-state index in [4.69, 9.17) is 11.9 Å². The summed E-state index contributed by atoms with van der Waals surface area (Å²) in [5.41, 5.74) is 0. The van der Waals surface area contributed by atoms with Crippen molar-refractivity contribution in [3.8, 4) is 0 Å². The molecule has 0 spiro atoms. The molecular weight excluding hydrogens is 163 g/mol. The van der Waals surface area contributed by atoms with E-state index >= 15 is 0 Å². The SMILES string of the molecule is O=[As]([O-])[O-].[Ca]. The van der Waals surface area contributed by atoms with E-state index in [-0.39, 0.29) is 37.7 Å². The van der Waals surface area contributed by atoms with Crippen LogP contribution in [0.15, 0.2) is 0 Å². The number of hydrogen-bond donors (Lipinski definition) is 0. The molecule has 0 aromatic rings. The fraction of sp³-hybridized carbons (Fsp3) is 0. The van der Waals surface area contributed by atoms with Crippen LogP contribution in [-0.4, -0.2) is 53.0 Å². The second kappa shape index (κ2) is 5.54. The van der Waals surface area contributed by atoms with E-state index in [0.29, 0.717) is 0 Å². The van der Waals surface area contributed by atoms with E-state index < -0.39 is 15.3 Å². The molecule has 5 heteroatoms. The molecule has 0 aromatic heterocycles. The van der Waals surface area contributed by atoms with Crippen LogP contribution in [0.25, 0.3) is 0 Å². The summed E-state index contributed by atoms with van der Waals surface area (Å²) in [6.07, 6.45) is 0. The average Bonchev–Trinajstić information content (AvgIpc) is 0.811. The third-order valence-electron chi connectivity index (χ3n) is 0. The van der Waals surface area contributed by atoms with Crippen molar-refractivity contribution in [1.29, 1.82) is 0 Å². The van der Waals surface area contributed by atoms with Gasteiger partial charge in [-0.3, -0.25) is 0 Å². The topological polar surface area (TPSA) is 63.2 Å². The summed E-state index contributed by atoms with van der Waals surface area (Å²) in [5.74, 6) is 0. The Morgan fingerprint density at radius 3 is 1.40 bits per heavy atom. The van der Waals surface area contributed by atoms with Gasteiger partial charge in [0.15, 0.2) is 0 Å². The quantitative estimate of drug-likeness (QED) is 0.352. The molecule has 5 heavy (non-hydrogen) atoms. The molecule has 0 amide bonds. The normalized spacial score (nSPS) is 5.20. The summed E-state index contributed by atoms with van der Waals surface area (Å²) in [6, 6.07) is 0. The van der Waals surface area contributed by atoms with Crippen LogP contribution in [0.2, 0.25) is 0 Å². The van der Waals surface area contributed by atoms with Gasteiger partial charge in [-0.25, -0.2) is 0 Å². The smallest absolute Gasteiger partial charge is 0 e. The predicted octanol–water partition coefficient (Wildman–Crippen LogP) is -3.26. The van der Waals surface area contributed by atoms with Crippen molar-refractivity contribution in [1.82, 2.24) is 0 Å². The maximum Gasteiger partial charge on any atom is 0 e. The molecule has 0 unspecified atom stereocenters. The van der Waals surface area contributed by atoms with Crippen LogP contribution in [0.3, 0.4) is 0 Å². The maximum absolute atomic E-state index is 8.56. The minimum Gasteiger partial charge on any atom is 0 e. The van der Waals surface area contributed by atoms with Gasteiger partial charge < -0.3 is 0 Å². The number of rotatable bonds is 0. The molecule has 3 nitrogen and oxygen atoms in total. The Morgan fingerprint density at radius 1 is 1.40 bits per heavy atom. The molecule has 0 aliphatic heterocycles. The fourth-order valence-corrected chi connectivity index (χ4v) is 0. The first-order chi connectivity index (χ1) is 1.73. The van der Waals surface area contributed by atoms with Gasteiger partial charge >= 0.3 is 27.2 Å². The summed E-state index contributed by atoms with van der Waals surface area (Å²) in [6.45, 7) is 0. The van der Waals surface area contributed by atoms with E-state index in [2.05, 4.69) is 0 Å². The zero-order valence-corrected chi connectivity index (χ0v) is 6.46. The molecule has 0 heterocycles. The van der Waals surface area contributed by atoms with Crippen LogP contribution in [-0.2, 0) is 3.74 Å². The molecule has 0 N–H and O–H groups in total. The Kier molecular flexibility index (Phi) is 10.8. The average molecular weight is 163 g/mol. The van der Waals surface area contributed by atoms with E-state index in [0.717, 1.165) is 0 Å². The molecule has 0 atom stereocenters. The third-order valence-corrected chi connectivity index (χ3v) is 0. The predicted molar refractivity (Wildman–Crippen MR) is 12.2 cm³/mol. The Morgan fingerprint density at radius 2 is 1.40 bits per heavy atom. The maximum atomic E-state index is 8.56. The van der Waals surface area contributed by atoms with Crippen LogP contribution in [0.1, 0.15) is 0 Å². The zero-order valence-electron chi connectivity index (χ0n) is 2.38. The largest absolute Gasteiger partial charge is 0 e. The van der Waals surface area contributed by atoms with Crippen molar-refractivity contribution >= 4 is 53.0 Å². The van der Waals surface area contributed by atoms with Crippen molar-refractivity contribution in [2.45, 2.75) is 0 Å². The second-order valence-corrected chi connectivity index (χ2v) is 1.16. The molecule has 0 aliphatic rings. The van der Waals surface area contributed by atoms with Crippen LogP contribution >= 0.6 is 0 Å². The summed E-state index contributed by atoms with van der Waals surface area (Å²) in [7, 11) is 0. The molecule has 0 aliphatic carbocycles. The van der Waals surface area contributed by atoms with Crippen LogP contribution in [0, 0.1) is 0 Å². The van der Waals surface area contributed by atoms with Gasteiger partial charge in [-0.15, -0.1) is 0 Å². The first-order valence-corrected chi connectivity index (χ1v) is 2.85. The molecule has 27 valence electrons. The monoisotopic (exact) mass is 163 g/mol. The van der Waals surface area contributed by atoms with Gasteiger partial charge in [0.1, 0.15) is 0 Å². The first kappa shape index (κ1) is 9.74. The van der Waals surface area contributed by atoms with Gasteiger partial charge in [0.2, 0.25) is 0 Å². The van der Waals surface area contributed by atoms with Crippen LogP contribution in [0.5, 0.6) is 0 Å². The van der Waals surface area contributed by atoms with Crippen molar-refractivity contribution < 1.29 is 11.9 Å². The third kappa shape index (κ3) is 29.3. The molecule has 0 rings (SSSR count). The summed E-state index contributed by atoms with van der Waals surface area (Å²) < 4.78 is 25.7. The van der Waals surface area contributed by atoms with Crippen LogP contribution < -0.4 is 8.19 Å². The molecule has 0 bridgehead atoms. The minimum absolute atomic E-state index is 0. The Bertz CT molecular complexity index is 29.9. The minimum atomic E-state index is -3.94. The summed E-state index contributed by atoms with van der Waals surface area (Å²) in [5, 5.41) is 0. The molecule has 0 saturated carbocycles. The van der Waals surface area contributed by atoms with Gasteiger partial charge in [0.05, 0.1) is 0 Å². The van der Waals surface area contributed by atoms with Gasteiger partial charge in [0.25, 0.3) is 0 Å². The van der Waals surface area contributed by atoms with Crippen molar-refractivity contribution in [3.63, 3.8) is 0 Å². The fourth-order valence-electron chi connectivity index (χ4n) is 0. The zero-order chi connectivity index (χ0) is 3.58. The van der Waals surface area contributed by atoms with E-state index in [1.807, 2.05) is 0 Å². The Balaban J connectivity index is 0. The Labute approximate surface area is 64.2 Å². The van der Waals surface area contributed by atoms with Crippen molar-refractivity contribution in [3.05, 3.63) is 0 Å². The summed E-state index contributed by atoms with van der Waals surface area (Å²) in [4.78, 5) is 0. The molecular formula is AsCaO3-2. The van der Waals surface area contributed by atoms with Crippen molar-refractivity contribution in [2.24, 2.45) is 0 Å². The first-order valence-electron chi connectivity index (χ1n) is 0.548. The van der Waals surface area contributed by atoms with Crippen molar-refractivity contribution in [2.75, 3.05) is 0 Å². The van der Waals surface area contributed by atoms with Gasteiger partial charge in [-0.05, 0) is 0 Å². The number of hydrogen-bond acceptors (Lipinski definition) is 3.